The third-order valence-corrected chi connectivity index (χ3v) is 4.43. The first-order chi connectivity index (χ1) is 9.71. The maximum Gasteiger partial charge on any atom is 0.351 e. The third-order valence-electron chi connectivity index (χ3n) is 3.02. The Balaban J connectivity index is 2.22. The zero-order chi connectivity index (χ0) is 15.4. The van der Waals surface area contributed by atoms with E-state index in [9.17, 15) is 18.0 Å². The van der Waals surface area contributed by atoms with Crippen molar-refractivity contribution in [1.82, 2.24) is 4.72 Å². The highest BCUT2D eigenvalue weighted by Gasteiger charge is 2.44. The minimum atomic E-state index is -3.80. The fourth-order valence-corrected chi connectivity index (χ4v) is 3.50. The predicted octanol–water partition coefficient (Wildman–Crippen LogP) is 0.526. The summed E-state index contributed by atoms with van der Waals surface area (Å²) >= 11 is 0. The average molecular weight is 309 g/mol. The number of carbonyl (C=O) groups excluding carboxylic acids is 2. The van der Waals surface area contributed by atoms with Gasteiger partial charge in [0, 0.05) is 19.4 Å². The van der Waals surface area contributed by atoms with Gasteiger partial charge >= 0.3 is 11.9 Å². The molecule has 0 atom stereocenters. The van der Waals surface area contributed by atoms with Gasteiger partial charge in [0.15, 0.2) is 5.57 Å². The van der Waals surface area contributed by atoms with Gasteiger partial charge in [-0.25, -0.2) is 18.0 Å². The molecule has 0 aliphatic carbocycles. The highest BCUT2D eigenvalue weighted by molar-refractivity contribution is 7.90. The molecule has 1 aromatic carbocycles. The van der Waals surface area contributed by atoms with Gasteiger partial charge in [-0.05, 0) is 6.07 Å². The largest absolute Gasteiger partial charge is 0.419 e. The molecule has 1 aromatic rings. The number of ether oxygens (including phenoxy) is 2. The first kappa shape index (κ1) is 13.6. The van der Waals surface area contributed by atoms with Crippen LogP contribution in [0.15, 0.2) is 34.7 Å². The van der Waals surface area contributed by atoms with E-state index in [0.717, 1.165) is 0 Å². The van der Waals surface area contributed by atoms with Crippen molar-refractivity contribution in [2.45, 2.75) is 24.5 Å². The number of hydrogen-bond donors (Lipinski definition) is 1. The number of nitrogens with one attached hydrogen (secondary N) is 1. The molecule has 2 aliphatic heterocycles. The van der Waals surface area contributed by atoms with Crippen LogP contribution in [-0.2, 0) is 29.1 Å². The van der Waals surface area contributed by atoms with Crippen molar-refractivity contribution < 1.29 is 27.5 Å². The molecule has 1 saturated heterocycles. The van der Waals surface area contributed by atoms with E-state index in [4.69, 9.17) is 9.47 Å². The molecule has 2 heterocycles. The maximum atomic E-state index is 12.0. The summed E-state index contributed by atoms with van der Waals surface area (Å²) in [5.74, 6) is -3.23. The van der Waals surface area contributed by atoms with Crippen LogP contribution in [0.3, 0.4) is 0 Å². The maximum absolute atomic E-state index is 12.0. The van der Waals surface area contributed by atoms with Crippen molar-refractivity contribution in [3.05, 3.63) is 35.4 Å². The monoisotopic (exact) mass is 309 g/mol. The number of benzene rings is 1. The molecule has 0 amide bonds. The molecule has 0 saturated carbocycles. The van der Waals surface area contributed by atoms with E-state index in [0.29, 0.717) is 0 Å². The van der Waals surface area contributed by atoms with E-state index < -0.39 is 33.3 Å². The number of fused-ring (bicyclic) bond motifs is 1. The summed E-state index contributed by atoms with van der Waals surface area (Å²) in [5.41, 5.74) is -0.333. The summed E-state index contributed by atoms with van der Waals surface area (Å²) < 4.78 is 36.2. The van der Waals surface area contributed by atoms with Crippen LogP contribution in [0.4, 0.5) is 0 Å². The molecule has 21 heavy (non-hydrogen) atoms. The van der Waals surface area contributed by atoms with Gasteiger partial charge in [-0.15, -0.1) is 0 Å². The molecule has 0 bridgehead atoms. The van der Waals surface area contributed by atoms with Crippen molar-refractivity contribution in [2.24, 2.45) is 0 Å². The zero-order valence-electron chi connectivity index (χ0n) is 11.2. The fourth-order valence-electron chi connectivity index (χ4n) is 2.19. The van der Waals surface area contributed by atoms with Gasteiger partial charge < -0.3 is 9.47 Å². The summed E-state index contributed by atoms with van der Waals surface area (Å²) in [5, 5.41) is 0. The molecule has 1 N–H and O–H groups in total. The van der Waals surface area contributed by atoms with E-state index >= 15 is 0 Å². The summed E-state index contributed by atoms with van der Waals surface area (Å²) in [4.78, 5) is 24.0. The normalized spacial score (nSPS) is 22.2. The van der Waals surface area contributed by atoms with Crippen LogP contribution >= 0.6 is 0 Å². The van der Waals surface area contributed by atoms with Gasteiger partial charge in [0.2, 0.25) is 0 Å². The molecule has 0 aromatic heterocycles. The van der Waals surface area contributed by atoms with Gasteiger partial charge in [0.25, 0.3) is 15.8 Å². The van der Waals surface area contributed by atoms with Crippen molar-refractivity contribution in [2.75, 3.05) is 0 Å². The van der Waals surface area contributed by atoms with Gasteiger partial charge in [-0.2, -0.15) is 0 Å². The van der Waals surface area contributed by atoms with E-state index in [1.165, 1.54) is 26.0 Å². The van der Waals surface area contributed by atoms with Gasteiger partial charge in [-0.1, -0.05) is 18.2 Å². The molecule has 0 spiro atoms. The topological polar surface area (TPSA) is 98.8 Å². The lowest BCUT2D eigenvalue weighted by atomic mass is 10.1. The quantitative estimate of drug-likeness (QED) is 0.426. The number of carbonyl (C=O) groups is 2. The van der Waals surface area contributed by atoms with Crippen LogP contribution in [0.25, 0.3) is 5.70 Å². The SMILES string of the molecule is CC1(C)OC(=O)C(=C2NS(=O)(=O)c3ccccc32)C(=O)O1. The molecule has 1 fully saturated rings. The second-order valence-electron chi connectivity index (χ2n) is 5.03. The Morgan fingerprint density at radius 2 is 1.62 bits per heavy atom. The molecule has 2 aliphatic rings. The lowest BCUT2D eigenvalue weighted by Gasteiger charge is -2.30. The second-order valence-corrected chi connectivity index (χ2v) is 6.68. The Labute approximate surface area is 120 Å². The van der Waals surface area contributed by atoms with Crippen molar-refractivity contribution >= 4 is 27.7 Å². The Morgan fingerprint density at radius 3 is 2.24 bits per heavy atom. The Kier molecular flexibility index (Phi) is 2.64. The fraction of sp³-hybridized carbons (Fsp3) is 0.231. The molecule has 3 rings (SSSR count). The summed E-state index contributed by atoms with van der Waals surface area (Å²) in [6.45, 7) is 2.83. The summed E-state index contributed by atoms with van der Waals surface area (Å²) in [7, 11) is -3.80. The Morgan fingerprint density at radius 1 is 1.05 bits per heavy atom. The van der Waals surface area contributed by atoms with E-state index in [2.05, 4.69) is 4.72 Å². The average Bonchev–Trinajstić information content (AvgIpc) is 2.60. The number of cyclic esters (lactones) is 2. The summed E-state index contributed by atoms with van der Waals surface area (Å²) in [6.07, 6.45) is 0. The van der Waals surface area contributed by atoms with Crippen molar-refractivity contribution in [3.8, 4) is 0 Å². The second kappa shape index (κ2) is 4.08. The van der Waals surface area contributed by atoms with Gasteiger partial charge in [0.1, 0.15) is 0 Å². The minimum Gasteiger partial charge on any atom is -0.419 e. The minimum absolute atomic E-state index is 0.00191. The first-order valence-corrected chi connectivity index (χ1v) is 7.53. The highest BCUT2D eigenvalue weighted by Crippen LogP contribution is 2.35. The van der Waals surface area contributed by atoms with Gasteiger partial charge in [-0.3, -0.25) is 4.72 Å². The Bertz CT molecular complexity index is 784. The number of rotatable bonds is 0. The van der Waals surface area contributed by atoms with Gasteiger partial charge in [0.05, 0.1) is 10.6 Å². The smallest absolute Gasteiger partial charge is 0.351 e. The third kappa shape index (κ3) is 2.07. The standard InChI is InChI=1S/C13H11NO6S/c1-13(2)19-11(15)9(12(16)20-13)10-7-5-3-4-6-8(7)21(17,18)14-10/h3-6,14H,1-2H3. The van der Waals surface area contributed by atoms with Crippen LogP contribution in [0.5, 0.6) is 0 Å². The molecule has 110 valence electrons. The molecular formula is C13H11NO6S. The number of hydrogen-bond acceptors (Lipinski definition) is 6. The lowest BCUT2D eigenvalue weighted by Crippen LogP contribution is -2.42. The zero-order valence-corrected chi connectivity index (χ0v) is 12.0. The van der Waals surface area contributed by atoms with E-state index in [1.807, 2.05) is 0 Å². The Hall–Kier alpha value is -2.35. The molecular weight excluding hydrogens is 298 g/mol. The van der Waals surface area contributed by atoms with Crippen LogP contribution in [-0.4, -0.2) is 26.1 Å². The van der Waals surface area contributed by atoms with Crippen molar-refractivity contribution in [1.29, 1.82) is 0 Å². The predicted molar refractivity (Wildman–Crippen MR) is 69.9 cm³/mol. The highest BCUT2D eigenvalue weighted by atomic mass is 32.2. The molecule has 7 nitrogen and oxygen atoms in total. The molecule has 0 unspecified atom stereocenters. The van der Waals surface area contributed by atoms with Crippen molar-refractivity contribution in [3.63, 3.8) is 0 Å². The lowest BCUT2D eigenvalue weighted by molar-refractivity contribution is -0.222. The number of esters is 2. The molecule has 0 radical (unpaired) electrons. The van der Waals surface area contributed by atoms with E-state index in [-0.39, 0.29) is 16.2 Å². The summed E-state index contributed by atoms with van der Waals surface area (Å²) in [6, 6.07) is 6.03. The van der Waals surface area contributed by atoms with Crippen LogP contribution < -0.4 is 4.72 Å². The van der Waals surface area contributed by atoms with Crippen LogP contribution in [0.1, 0.15) is 19.4 Å². The van der Waals surface area contributed by atoms with Crippen LogP contribution in [0, 0.1) is 0 Å². The first-order valence-electron chi connectivity index (χ1n) is 6.04. The number of sulfonamides is 1. The van der Waals surface area contributed by atoms with E-state index in [1.54, 1.807) is 12.1 Å². The van der Waals surface area contributed by atoms with Crippen LogP contribution in [0.2, 0.25) is 0 Å². The molecule has 8 heteroatoms.